The summed E-state index contributed by atoms with van der Waals surface area (Å²) in [4.78, 5) is 6.86. The van der Waals surface area contributed by atoms with E-state index in [0.29, 0.717) is 12.2 Å². The quantitative estimate of drug-likeness (QED) is 0.740. The molecule has 3 N–H and O–H groups in total. The molecule has 1 fully saturated rings. The first-order valence-electron chi connectivity index (χ1n) is 6.39. The summed E-state index contributed by atoms with van der Waals surface area (Å²) in [6.07, 6.45) is 4.78. The summed E-state index contributed by atoms with van der Waals surface area (Å²) < 4.78 is 27.0. The van der Waals surface area contributed by atoms with Gasteiger partial charge in [-0.1, -0.05) is 6.92 Å². The molecule has 1 aromatic rings. The van der Waals surface area contributed by atoms with Crippen molar-refractivity contribution in [1.29, 1.82) is 0 Å². The molecule has 1 aliphatic heterocycles. The zero-order valence-corrected chi connectivity index (χ0v) is 11.4. The van der Waals surface area contributed by atoms with Crippen LogP contribution < -0.4 is 10.0 Å². The lowest BCUT2D eigenvalue weighted by Gasteiger charge is -2.14. The maximum Gasteiger partial charge on any atom is 0.257 e. The van der Waals surface area contributed by atoms with Crippen molar-refractivity contribution in [2.45, 2.75) is 43.7 Å². The number of H-pyrrole nitrogens is 1. The van der Waals surface area contributed by atoms with Gasteiger partial charge in [0.05, 0.1) is 6.20 Å². The molecule has 0 amide bonds. The lowest BCUT2D eigenvalue weighted by Crippen LogP contribution is -2.35. The molecule has 0 radical (unpaired) electrons. The van der Waals surface area contributed by atoms with Gasteiger partial charge >= 0.3 is 0 Å². The molecular weight excluding hydrogens is 252 g/mol. The van der Waals surface area contributed by atoms with Crippen molar-refractivity contribution in [3.8, 4) is 0 Å². The fraction of sp³-hybridized carbons (Fsp3) is 0.727. The average molecular weight is 272 g/mol. The Morgan fingerprint density at radius 1 is 1.44 bits per heavy atom. The normalized spacial score (nSPS) is 21.7. The summed E-state index contributed by atoms with van der Waals surface area (Å²) in [5, 5.41) is 3.42. The van der Waals surface area contributed by atoms with Gasteiger partial charge in [0.25, 0.3) is 10.0 Å². The van der Waals surface area contributed by atoms with Crippen LogP contribution in [0.5, 0.6) is 0 Å². The van der Waals surface area contributed by atoms with Crippen LogP contribution in [-0.2, 0) is 16.4 Å². The molecule has 102 valence electrons. The predicted octanol–water partition coefficient (Wildman–Crippen LogP) is 0.392. The molecule has 0 spiro atoms. The molecule has 1 unspecified atom stereocenters. The van der Waals surface area contributed by atoms with Gasteiger partial charge in [0, 0.05) is 12.5 Å². The first-order chi connectivity index (χ1) is 8.62. The topological polar surface area (TPSA) is 86.9 Å². The van der Waals surface area contributed by atoms with Gasteiger partial charge in [-0.05, 0) is 32.4 Å². The summed E-state index contributed by atoms with van der Waals surface area (Å²) in [6.45, 7) is 3.75. The van der Waals surface area contributed by atoms with Crippen molar-refractivity contribution >= 4 is 10.0 Å². The molecule has 7 heteroatoms. The highest BCUT2D eigenvalue weighted by molar-refractivity contribution is 7.89. The molecule has 2 rings (SSSR count). The van der Waals surface area contributed by atoms with Gasteiger partial charge in [-0.2, -0.15) is 0 Å². The van der Waals surface area contributed by atoms with Crippen LogP contribution in [0.3, 0.4) is 0 Å². The van der Waals surface area contributed by atoms with Crippen LogP contribution in [0.1, 0.15) is 32.0 Å². The maximum absolute atomic E-state index is 12.1. The zero-order chi connectivity index (χ0) is 13.0. The molecule has 1 saturated heterocycles. The summed E-state index contributed by atoms with van der Waals surface area (Å²) in [5.41, 5.74) is 0. The number of nitrogens with zero attached hydrogens (tertiary/aromatic N) is 1. The Morgan fingerprint density at radius 3 is 3.00 bits per heavy atom. The number of imidazole rings is 1. The highest BCUT2D eigenvalue weighted by atomic mass is 32.2. The summed E-state index contributed by atoms with van der Waals surface area (Å²) >= 11 is 0. The average Bonchev–Trinajstić information content (AvgIpc) is 2.70. The largest absolute Gasteiger partial charge is 0.332 e. The van der Waals surface area contributed by atoms with Crippen LogP contribution in [0, 0.1) is 0 Å². The highest BCUT2D eigenvalue weighted by Gasteiger charge is 2.22. The van der Waals surface area contributed by atoms with E-state index in [0.717, 1.165) is 32.4 Å². The third-order valence-corrected chi connectivity index (χ3v) is 4.56. The molecule has 0 aliphatic carbocycles. The Bertz CT molecular complexity index is 475. The van der Waals surface area contributed by atoms with E-state index in [-0.39, 0.29) is 11.1 Å². The molecule has 18 heavy (non-hydrogen) atoms. The van der Waals surface area contributed by atoms with E-state index in [1.54, 1.807) is 0 Å². The van der Waals surface area contributed by atoms with E-state index >= 15 is 0 Å². The fourth-order valence-corrected chi connectivity index (χ4v) is 3.32. The van der Waals surface area contributed by atoms with E-state index in [1.165, 1.54) is 6.20 Å². The molecule has 0 bridgehead atoms. The zero-order valence-electron chi connectivity index (χ0n) is 10.6. The molecule has 6 nitrogen and oxygen atoms in total. The molecular formula is C11H20N4O2S. The van der Waals surface area contributed by atoms with E-state index in [1.807, 2.05) is 6.92 Å². The molecule has 1 aromatic heterocycles. The second-order valence-electron chi connectivity index (χ2n) is 4.55. The van der Waals surface area contributed by atoms with Crippen LogP contribution in [0.25, 0.3) is 0 Å². The lowest BCUT2D eigenvalue weighted by molar-refractivity contribution is 0.516. The Hall–Kier alpha value is -0.920. The van der Waals surface area contributed by atoms with E-state index in [2.05, 4.69) is 20.0 Å². The predicted molar refractivity (Wildman–Crippen MR) is 68.8 cm³/mol. The summed E-state index contributed by atoms with van der Waals surface area (Å²) in [5.74, 6) is 0.693. The SMILES string of the molecule is CCc1ncc(S(=O)(=O)NC2CCCNCC2)[nH]1. The number of nitrogens with one attached hydrogen (secondary N) is 3. The van der Waals surface area contributed by atoms with Crippen molar-refractivity contribution < 1.29 is 8.42 Å². The summed E-state index contributed by atoms with van der Waals surface area (Å²) in [6, 6.07) is 0.0124. The number of hydrogen-bond acceptors (Lipinski definition) is 4. The van der Waals surface area contributed by atoms with Gasteiger partial charge in [-0.3, -0.25) is 0 Å². The number of aromatic nitrogens is 2. The monoisotopic (exact) mass is 272 g/mol. The van der Waals surface area contributed by atoms with Crippen molar-refractivity contribution in [2.75, 3.05) is 13.1 Å². The molecule has 0 saturated carbocycles. The summed E-state index contributed by atoms with van der Waals surface area (Å²) in [7, 11) is -3.46. The van der Waals surface area contributed by atoms with Gasteiger partial charge in [0.15, 0.2) is 5.03 Å². The minimum Gasteiger partial charge on any atom is -0.332 e. The molecule has 1 atom stereocenters. The Balaban J connectivity index is 2.06. The number of aryl methyl sites for hydroxylation is 1. The van der Waals surface area contributed by atoms with E-state index in [4.69, 9.17) is 0 Å². The van der Waals surface area contributed by atoms with Gasteiger partial charge < -0.3 is 10.3 Å². The van der Waals surface area contributed by atoms with E-state index in [9.17, 15) is 8.42 Å². The number of sulfonamides is 1. The number of rotatable bonds is 4. The fourth-order valence-electron chi connectivity index (χ4n) is 2.08. The second-order valence-corrected chi connectivity index (χ2v) is 6.23. The van der Waals surface area contributed by atoms with Crippen LogP contribution in [-0.4, -0.2) is 37.5 Å². The number of hydrogen-bond donors (Lipinski definition) is 3. The van der Waals surface area contributed by atoms with Crippen molar-refractivity contribution in [3.63, 3.8) is 0 Å². The Morgan fingerprint density at radius 2 is 2.28 bits per heavy atom. The third kappa shape index (κ3) is 3.30. The van der Waals surface area contributed by atoms with Crippen molar-refractivity contribution in [2.24, 2.45) is 0 Å². The van der Waals surface area contributed by atoms with Crippen LogP contribution in [0.2, 0.25) is 0 Å². The minimum absolute atomic E-state index is 0.0124. The minimum atomic E-state index is -3.46. The maximum atomic E-state index is 12.1. The number of aromatic amines is 1. The first kappa shape index (κ1) is 13.5. The molecule has 2 heterocycles. The third-order valence-electron chi connectivity index (χ3n) is 3.13. The van der Waals surface area contributed by atoms with Gasteiger partial charge in [0.1, 0.15) is 5.82 Å². The second kappa shape index (κ2) is 5.81. The Kier molecular flexibility index (Phi) is 4.36. The van der Waals surface area contributed by atoms with Crippen LogP contribution >= 0.6 is 0 Å². The van der Waals surface area contributed by atoms with Gasteiger partial charge in [-0.25, -0.2) is 18.1 Å². The Labute approximate surface area is 108 Å². The first-order valence-corrected chi connectivity index (χ1v) is 7.87. The van der Waals surface area contributed by atoms with Gasteiger partial charge in [-0.15, -0.1) is 0 Å². The molecule has 1 aliphatic rings. The smallest absolute Gasteiger partial charge is 0.257 e. The van der Waals surface area contributed by atoms with Crippen LogP contribution in [0.15, 0.2) is 11.2 Å². The van der Waals surface area contributed by atoms with Gasteiger partial charge in [0.2, 0.25) is 0 Å². The highest BCUT2D eigenvalue weighted by Crippen LogP contribution is 2.11. The van der Waals surface area contributed by atoms with Crippen molar-refractivity contribution in [3.05, 3.63) is 12.0 Å². The van der Waals surface area contributed by atoms with E-state index < -0.39 is 10.0 Å². The standard InChI is InChI=1S/C11H20N4O2S/c1-2-10-13-8-11(14-10)18(16,17)15-9-4-3-6-12-7-5-9/h8-9,12,15H,2-7H2,1H3,(H,13,14). The van der Waals surface area contributed by atoms with Crippen LogP contribution in [0.4, 0.5) is 0 Å². The molecule has 0 aromatic carbocycles. The lowest BCUT2D eigenvalue weighted by atomic mass is 10.1. The van der Waals surface area contributed by atoms with Crippen molar-refractivity contribution in [1.82, 2.24) is 20.0 Å².